The van der Waals surface area contributed by atoms with Gasteiger partial charge in [0, 0.05) is 0 Å². The minimum atomic E-state index is -0.508. The molecule has 2 aromatic heterocycles. The largest absolute Gasteiger partial charge is 0.472 e. The molecule has 0 saturated heterocycles. The third-order valence-corrected chi connectivity index (χ3v) is 2.38. The number of rotatable bonds is 3. The summed E-state index contributed by atoms with van der Waals surface area (Å²) in [5, 5.41) is 0. The number of carbonyl (C=O) groups is 1. The maximum atomic E-state index is 11.7. The summed E-state index contributed by atoms with van der Waals surface area (Å²) < 4.78 is 9.86. The third-order valence-electron chi connectivity index (χ3n) is 2.38. The number of nitrogens with zero attached hydrogens (tertiary/aromatic N) is 2. The van der Waals surface area contributed by atoms with Crippen LogP contribution in [-0.2, 0) is 4.74 Å². The molecule has 0 aliphatic rings. The first-order chi connectivity index (χ1) is 8.63. The van der Waals surface area contributed by atoms with Gasteiger partial charge in [-0.15, -0.1) is 0 Å². The first-order valence-corrected chi connectivity index (χ1v) is 5.47. The van der Waals surface area contributed by atoms with E-state index in [4.69, 9.17) is 14.9 Å². The standard InChI is InChI=1S/C12H13N3O3/c1-3-18-12(16)9-7(2)14-11(15-10(9)13)8-4-5-17-6-8/h4-6H,3H2,1-2H3,(H2,13,14,15). The second-order valence-electron chi connectivity index (χ2n) is 3.63. The second-order valence-corrected chi connectivity index (χ2v) is 3.63. The molecule has 2 rings (SSSR count). The van der Waals surface area contributed by atoms with Gasteiger partial charge >= 0.3 is 5.97 Å². The quantitative estimate of drug-likeness (QED) is 0.831. The Morgan fingerprint density at radius 1 is 1.50 bits per heavy atom. The van der Waals surface area contributed by atoms with Crippen molar-refractivity contribution in [2.45, 2.75) is 13.8 Å². The number of nitrogen functional groups attached to an aromatic ring is 1. The first kappa shape index (κ1) is 12.1. The Kier molecular flexibility index (Phi) is 3.27. The van der Waals surface area contributed by atoms with E-state index in [0.29, 0.717) is 17.1 Å². The highest BCUT2D eigenvalue weighted by molar-refractivity contribution is 5.95. The van der Waals surface area contributed by atoms with Crippen molar-refractivity contribution in [1.82, 2.24) is 9.97 Å². The molecule has 6 heteroatoms. The predicted octanol–water partition coefficient (Wildman–Crippen LogP) is 1.80. The topological polar surface area (TPSA) is 91.2 Å². The number of anilines is 1. The highest BCUT2D eigenvalue weighted by Gasteiger charge is 2.18. The van der Waals surface area contributed by atoms with E-state index in [1.54, 1.807) is 19.9 Å². The molecule has 0 aliphatic carbocycles. The predicted molar refractivity (Wildman–Crippen MR) is 64.8 cm³/mol. The summed E-state index contributed by atoms with van der Waals surface area (Å²) in [4.78, 5) is 20.0. The molecule has 18 heavy (non-hydrogen) atoms. The van der Waals surface area contributed by atoms with E-state index in [-0.39, 0.29) is 18.0 Å². The lowest BCUT2D eigenvalue weighted by atomic mass is 10.2. The lowest BCUT2D eigenvalue weighted by Crippen LogP contribution is -2.13. The number of ether oxygens (including phenoxy) is 1. The molecule has 0 radical (unpaired) electrons. The van der Waals surface area contributed by atoms with Crippen molar-refractivity contribution >= 4 is 11.8 Å². The van der Waals surface area contributed by atoms with Crippen LogP contribution in [0.15, 0.2) is 23.0 Å². The van der Waals surface area contributed by atoms with Crippen molar-refractivity contribution in [3.05, 3.63) is 29.9 Å². The van der Waals surface area contributed by atoms with Crippen molar-refractivity contribution in [3.63, 3.8) is 0 Å². The molecule has 0 aromatic carbocycles. The van der Waals surface area contributed by atoms with E-state index in [9.17, 15) is 4.79 Å². The summed E-state index contributed by atoms with van der Waals surface area (Å²) in [6.45, 7) is 3.69. The Balaban J connectivity index is 2.44. The summed E-state index contributed by atoms with van der Waals surface area (Å²) in [6.07, 6.45) is 3.03. The lowest BCUT2D eigenvalue weighted by Gasteiger charge is -2.08. The van der Waals surface area contributed by atoms with Gasteiger partial charge in [-0.05, 0) is 19.9 Å². The summed E-state index contributed by atoms with van der Waals surface area (Å²) in [7, 11) is 0. The van der Waals surface area contributed by atoms with Gasteiger partial charge in [-0.3, -0.25) is 0 Å². The molecule has 0 aliphatic heterocycles. The van der Waals surface area contributed by atoms with Crippen LogP contribution in [0.5, 0.6) is 0 Å². The lowest BCUT2D eigenvalue weighted by molar-refractivity contribution is 0.0526. The number of hydrogen-bond donors (Lipinski definition) is 1. The van der Waals surface area contributed by atoms with Gasteiger partial charge in [0.05, 0.1) is 24.1 Å². The minimum absolute atomic E-state index is 0.108. The summed E-state index contributed by atoms with van der Waals surface area (Å²) in [5.41, 5.74) is 7.18. The van der Waals surface area contributed by atoms with Crippen LogP contribution in [0.1, 0.15) is 23.0 Å². The van der Waals surface area contributed by atoms with Crippen LogP contribution in [0, 0.1) is 6.92 Å². The molecule has 0 atom stereocenters. The van der Waals surface area contributed by atoms with Crippen molar-refractivity contribution in [2.24, 2.45) is 0 Å². The molecule has 0 fully saturated rings. The zero-order valence-corrected chi connectivity index (χ0v) is 10.1. The van der Waals surface area contributed by atoms with Crippen molar-refractivity contribution in [1.29, 1.82) is 0 Å². The van der Waals surface area contributed by atoms with Gasteiger partial charge in [-0.1, -0.05) is 0 Å². The molecule has 0 saturated carbocycles. The van der Waals surface area contributed by atoms with Crippen LogP contribution in [0.4, 0.5) is 5.82 Å². The summed E-state index contributed by atoms with van der Waals surface area (Å²) in [5.74, 6) is 0.0233. The average molecular weight is 247 g/mol. The second kappa shape index (κ2) is 4.87. The van der Waals surface area contributed by atoms with Gasteiger partial charge in [-0.25, -0.2) is 14.8 Å². The molecule has 6 nitrogen and oxygen atoms in total. The van der Waals surface area contributed by atoms with Crippen LogP contribution in [0.25, 0.3) is 11.4 Å². The number of aryl methyl sites for hydroxylation is 1. The van der Waals surface area contributed by atoms with Gasteiger partial charge in [0.15, 0.2) is 5.82 Å². The molecule has 0 amide bonds. The molecular formula is C12H13N3O3. The molecule has 2 aromatic rings. The number of aromatic nitrogens is 2. The number of furan rings is 1. The number of nitrogens with two attached hydrogens (primary N) is 1. The van der Waals surface area contributed by atoms with E-state index in [1.807, 2.05) is 0 Å². The van der Waals surface area contributed by atoms with Crippen LogP contribution in [0.2, 0.25) is 0 Å². The Hall–Kier alpha value is -2.37. The Bertz CT molecular complexity index is 541. The third kappa shape index (κ3) is 2.17. The van der Waals surface area contributed by atoms with Gasteiger partial charge < -0.3 is 14.9 Å². The number of esters is 1. The van der Waals surface area contributed by atoms with Crippen LogP contribution in [0.3, 0.4) is 0 Å². The Morgan fingerprint density at radius 2 is 2.28 bits per heavy atom. The maximum Gasteiger partial charge on any atom is 0.343 e. The van der Waals surface area contributed by atoms with Crippen LogP contribution in [-0.4, -0.2) is 22.5 Å². The first-order valence-electron chi connectivity index (χ1n) is 5.47. The Morgan fingerprint density at radius 3 is 2.83 bits per heavy atom. The molecular weight excluding hydrogens is 234 g/mol. The molecule has 0 bridgehead atoms. The average Bonchev–Trinajstić information content (AvgIpc) is 2.81. The van der Waals surface area contributed by atoms with E-state index < -0.39 is 5.97 Å². The normalized spacial score (nSPS) is 10.3. The number of carbonyl (C=O) groups excluding carboxylic acids is 1. The molecule has 94 valence electrons. The fourth-order valence-corrected chi connectivity index (χ4v) is 1.57. The highest BCUT2D eigenvalue weighted by Crippen LogP contribution is 2.21. The SMILES string of the molecule is CCOC(=O)c1c(C)nc(-c2ccoc2)nc1N. The zero-order valence-electron chi connectivity index (χ0n) is 10.1. The zero-order chi connectivity index (χ0) is 13.1. The van der Waals surface area contributed by atoms with E-state index in [0.717, 1.165) is 0 Å². The smallest absolute Gasteiger partial charge is 0.343 e. The van der Waals surface area contributed by atoms with Gasteiger partial charge in [-0.2, -0.15) is 0 Å². The van der Waals surface area contributed by atoms with Crippen LogP contribution >= 0.6 is 0 Å². The summed E-state index contributed by atoms with van der Waals surface area (Å²) >= 11 is 0. The van der Waals surface area contributed by atoms with E-state index >= 15 is 0 Å². The fraction of sp³-hybridized carbons (Fsp3) is 0.250. The van der Waals surface area contributed by atoms with Gasteiger partial charge in [0.25, 0.3) is 0 Å². The van der Waals surface area contributed by atoms with E-state index in [2.05, 4.69) is 9.97 Å². The van der Waals surface area contributed by atoms with Crippen molar-refractivity contribution in [3.8, 4) is 11.4 Å². The van der Waals surface area contributed by atoms with Gasteiger partial charge in [0.1, 0.15) is 17.6 Å². The molecule has 2 heterocycles. The molecule has 0 unspecified atom stereocenters. The van der Waals surface area contributed by atoms with E-state index in [1.165, 1.54) is 12.5 Å². The molecule has 2 N–H and O–H groups in total. The maximum absolute atomic E-state index is 11.7. The molecule has 0 spiro atoms. The van der Waals surface area contributed by atoms with Crippen molar-refractivity contribution < 1.29 is 13.9 Å². The van der Waals surface area contributed by atoms with Gasteiger partial charge in [0.2, 0.25) is 0 Å². The monoisotopic (exact) mass is 247 g/mol. The number of hydrogen-bond acceptors (Lipinski definition) is 6. The minimum Gasteiger partial charge on any atom is -0.472 e. The van der Waals surface area contributed by atoms with Crippen molar-refractivity contribution in [2.75, 3.05) is 12.3 Å². The highest BCUT2D eigenvalue weighted by atomic mass is 16.5. The fourth-order valence-electron chi connectivity index (χ4n) is 1.57. The summed E-state index contributed by atoms with van der Waals surface area (Å²) in [6, 6.07) is 1.72. The Labute approximate surface area is 104 Å². The van der Waals surface area contributed by atoms with Crippen LogP contribution < -0.4 is 5.73 Å².